The highest BCUT2D eigenvalue weighted by Crippen LogP contribution is 2.24. The van der Waals surface area contributed by atoms with Crippen LogP contribution in [-0.4, -0.2) is 28.2 Å². The molecule has 2 atom stereocenters. The van der Waals surface area contributed by atoms with Gasteiger partial charge in [0.1, 0.15) is 0 Å². The predicted molar refractivity (Wildman–Crippen MR) is 89.2 cm³/mol. The molecule has 1 amide bonds. The molecule has 1 fully saturated rings. The first-order chi connectivity index (χ1) is 11.3. The molecule has 1 N–H and O–H groups in total. The molecule has 1 saturated heterocycles. The maximum atomic E-state index is 12.6. The van der Waals surface area contributed by atoms with Crippen LogP contribution < -0.4 is 5.32 Å². The van der Waals surface area contributed by atoms with E-state index in [1.165, 1.54) is 5.56 Å². The first-order valence-corrected chi connectivity index (χ1v) is 8.25. The van der Waals surface area contributed by atoms with Gasteiger partial charge >= 0.3 is 0 Å². The number of nitrogens with zero attached hydrogens (tertiary/aromatic N) is 2. The fraction of sp³-hybridized carbons (Fsp3) is 0.444. The smallest absolute Gasteiger partial charge is 0.232 e. The van der Waals surface area contributed by atoms with Crippen LogP contribution in [0.1, 0.15) is 31.7 Å². The number of ether oxygens (including phenoxy) is 1. The quantitative estimate of drug-likeness (QED) is 0.923. The summed E-state index contributed by atoms with van der Waals surface area (Å²) in [4.78, 5) is 16.9. The van der Waals surface area contributed by atoms with Crippen LogP contribution in [0.3, 0.4) is 0 Å². The Morgan fingerprint density at radius 2 is 2.22 bits per heavy atom. The lowest BCUT2D eigenvalue weighted by Crippen LogP contribution is -2.38. The number of benzene rings is 1. The van der Waals surface area contributed by atoms with Gasteiger partial charge in [0.25, 0.3) is 0 Å². The van der Waals surface area contributed by atoms with Crippen LogP contribution >= 0.6 is 0 Å². The van der Waals surface area contributed by atoms with E-state index in [0.29, 0.717) is 12.5 Å². The number of nitrogens with one attached hydrogen (secondary N) is 1. The van der Waals surface area contributed by atoms with Gasteiger partial charge in [0.05, 0.1) is 18.6 Å². The summed E-state index contributed by atoms with van der Waals surface area (Å²) < 4.78 is 7.67. The van der Waals surface area contributed by atoms with E-state index in [4.69, 9.17) is 4.74 Å². The van der Waals surface area contributed by atoms with Crippen molar-refractivity contribution in [3.63, 3.8) is 0 Å². The van der Waals surface area contributed by atoms with Crippen molar-refractivity contribution in [2.75, 3.05) is 11.9 Å². The zero-order valence-corrected chi connectivity index (χ0v) is 13.4. The van der Waals surface area contributed by atoms with Crippen LogP contribution in [0.15, 0.2) is 42.7 Å². The number of hydrogen-bond acceptors (Lipinski definition) is 3. The van der Waals surface area contributed by atoms with Crippen molar-refractivity contribution in [3.8, 4) is 0 Å². The number of carbonyl (C=O) groups excluding carboxylic acids is 1. The minimum atomic E-state index is -0.0874. The van der Waals surface area contributed by atoms with E-state index < -0.39 is 0 Å². The summed E-state index contributed by atoms with van der Waals surface area (Å²) in [5.74, 6) is 0.520. The molecule has 0 aliphatic carbocycles. The number of carbonyl (C=O) groups is 1. The molecule has 2 heterocycles. The summed E-state index contributed by atoms with van der Waals surface area (Å²) in [5.41, 5.74) is 1.17. The Labute approximate surface area is 136 Å². The summed E-state index contributed by atoms with van der Waals surface area (Å²) in [6.07, 6.45) is 6.29. The highest BCUT2D eigenvalue weighted by atomic mass is 16.5. The van der Waals surface area contributed by atoms with Gasteiger partial charge in [0.2, 0.25) is 11.9 Å². The van der Waals surface area contributed by atoms with Gasteiger partial charge in [0, 0.05) is 19.0 Å². The molecule has 0 saturated carbocycles. The number of amides is 1. The first kappa shape index (κ1) is 15.7. The second-order valence-electron chi connectivity index (χ2n) is 5.92. The molecule has 5 nitrogen and oxygen atoms in total. The van der Waals surface area contributed by atoms with Gasteiger partial charge in [-0.1, -0.05) is 37.3 Å². The number of imidazole rings is 1. The molecule has 1 aliphatic rings. The first-order valence-electron chi connectivity index (χ1n) is 8.25. The van der Waals surface area contributed by atoms with Gasteiger partial charge in [0.15, 0.2) is 0 Å². The molecular weight excluding hydrogens is 290 g/mol. The Hall–Kier alpha value is -2.14. The molecule has 1 aromatic heterocycles. The molecule has 0 bridgehead atoms. The Morgan fingerprint density at radius 1 is 1.39 bits per heavy atom. The monoisotopic (exact) mass is 313 g/mol. The normalized spacial score (nSPS) is 21.1. The summed E-state index contributed by atoms with van der Waals surface area (Å²) in [6.45, 7) is 3.51. The van der Waals surface area contributed by atoms with E-state index in [2.05, 4.69) is 29.4 Å². The van der Waals surface area contributed by atoms with Crippen LogP contribution in [-0.2, 0) is 16.1 Å². The Kier molecular flexibility index (Phi) is 5.08. The molecule has 2 unspecified atom stereocenters. The zero-order chi connectivity index (χ0) is 16.1. The lowest BCUT2D eigenvalue weighted by Gasteiger charge is -2.29. The largest absolute Gasteiger partial charge is 0.377 e. The van der Waals surface area contributed by atoms with Crippen molar-refractivity contribution in [2.24, 2.45) is 5.92 Å². The van der Waals surface area contributed by atoms with Crippen LogP contribution in [0.4, 0.5) is 5.95 Å². The minimum Gasteiger partial charge on any atom is -0.377 e. The van der Waals surface area contributed by atoms with E-state index in [-0.39, 0.29) is 17.9 Å². The number of anilines is 1. The molecule has 1 aromatic carbocycles. The van der Waals surface area contributed by atoms with Gasteiger partial charge < -0.3 is 9.30 Å². The molecule has 0 spiro atoms. The minimum absolute atomic E-state index is 0.0112. The number of aromatic nitrogens is 2. The van der Waals surface area contributed by atoms with Gasteiger partial charge in [-0.15, -0.1) is 0 Å². The standard InChI is InChI=1S/C18H23N3O2/c1-2-16-15(9-6-12-23-16)17(22)20-18-19-10-11-21(18)13-14-7-4-3-5-8-14/h3-5,7-8,10-11,15-16H,2,6,9,12-13H2,1H3,(H,19,20,22). The van der Waals surface area contributed by atoms with Gasteiger partial charge in [-0.05, 0) is 24.8 Å². The van der Waals surface area contributed by atoms with Crippen LogP contribution in [0, 0.1) is 5.92 Å². The van der Waals surface area contributed by atoms with Crippen molar-refractivity contribution in [1.29, 1.82) is 0 Å². The van der Waals surface area contributed by atoms with Crippen molar-refractivity contribution in [3.05, 3.63) is 48.3 Å². The fourth-order valence-corrected chi connectivity index (χ4v) is 3.09. The number of rotatable bonds is 5. The van der Waals surface area contributed by atoms with Crippen molar-refractivity contribution >= 4 is 11.9 Å². The molecule has 2 aromatic rings. The lowest BCUT2D eigenvalue weighted by atomic mass is 9.92. The zero-order valence-electron chi connectivity index (χ0n) is 13.4. The van der Waals surface area contributed by atoms with E-state index in [1.807, 2.05) is 29.0 Å². The molecule has 5 heteroatoms. The van der Waals surface area contributed by atoms with E-state index >= 15 is 0 Å². The Balaban J connectivity index is 1.68. The molecular formula is C18H23N3O2. The molecule has 122 valence electrons. The topological polar surface area (TPSA) is 56.1 Å². The van der Waals surface area contributed by atoms with E-state index in [1.54, 1.807) is 6.20 Å². The maximum absolute atomic E-state index is 12.6. The summed E-state index contributed by atoms with van der Waals surface area (Å²) in [5, 5.41) is 2.98. The molecule has 23 heavy (non-hydrogen) atoms. The lowest BCUT2D eigenvalue weighted by molar-refractivity contribution is -0.129. The molecule has 3 rings (SSSR count). The maximum Gasteiger partial charge on any atom is 0.232 e. The Bertz CT molecular complexity index is 639. The van der Waals surface area contributed by atoms with Gasteiger partial charge in [-0.3, -0.25) is 10.1 Å². The average Bonchev–Trinajstić information content (AvgIpc) is 3.02. The van der Waals surface area contributed by atoms with Crippen molar-refractivity contribution in [2.45, 2.75) is 38.8 Å². The van der Waals surface area contributed by atoms with Crippen LogP contribution in [0.25, 0.3) is 0 Å². The predicted octanol–water partition coefficient (Wildman–Crippen LogP) is 3.08. The van der Waals surface area contributed by atoms with Gasteiger partial charge in [-0.2, -0.15) is 0 Å². The molecule has 1 aliphatic heterocycles. The number of hydrogen-bond donors (Lipinski definition) is 1. The molecule has 0 radical (unpaired) electrons. The third-order valence-electron chi connectivity index (χ3n) is 4.33. The van der Waals surface area contributed by atoms with Crippen molar-refractivity contribution in [1.82, 2.24) is 9.55 Å². The summed E-state index contributed by atoms with van der Waals surface area (Å²) in [7, 11) is 0. The SMILES string of the molecule is CCC1OCCCC1C(=O)Nc1nccn1Cc1ccccc1. The third-order valence-corrected chi connectivity index (χ3v) is 4.33. The highest BCUT2D eigenvalue weighted by molar-refractivity contribution is 5.91. The Morgan fingerprint density at radius 3 is 3.00 bits per heavy atom. The highest BCUT2D eigenvalue weighted by Gasteiger charge is 2.31. The van der Waals surface area contributed by atoms with E-state index in [9.17, 15) is 4.79 Å². The van der Waals surface area contributed by atoms with Crippen LogP contribution in [0.5, 0.6) is 0 Å². The third kappa shape index (κ3) is 3.79. The fourth-order valence-electron chi connectivity index (χ4n) is 3.09. The summed E-state index contributed by atoms with van der Waals surface area (Å²) >= 11 is 0. The summed E-state index contributed by atoms with van der Waals surface area (Å²) in [6, 6.07) is 10.1. The average molecular weight is 313 g/mol. The second-order valence-corrected chi connectivity index (χ2v) is 5.92. The second kappa shape index (κ2) is 7.42. The van der Waals surface area contributed by atoms with E-state index in [0.717, 1.165) is 25.9 Å². The van der Waals surface area contributed by atoms with Crippen LogP contribution in [0.2, 0.25) is 0 Å². The van der Waals surface area contributed by atoms with Crippen molar-refractivity contribution < 1.29 is 9.53 Å². The van der Waals surface area contributed by atoms with Gasteiger partial charge in [-0.25, -0.2) is 4.98 Å².